The van der Waals surface area contributed by atoms with Crippen LogP contribution in [0.2, 0.25) is 0 Å². The van der Waals surface area contributed by atoms with Crippen LogP contribution in [-0.4, -0.2) is 36.7 Å². The Labute approximate surface area is 124 Å². The van der Waals surface area contributed by atoms with Gasteiger partial charge in [0.25, 0.3) is 5.91 Å². The molecule has 0 aliphatic rings. The first kappa shape index (κ1) is 15.1. The van der Waals surface area contributed by atoms with Crippen molar-refractivity contribution in [2.45, 2.75) is 32.2 Å². The summed E-state index contributed by atoms with van der Waals surface area (Å²) in [6.45, 7) is 1.71. The Morgan fingerprint density at radius 2 is 2.33 bits per heavy atom. The average Bonchev–Trinajstić information content (AvgIpc) is 3.09. The fourth-order valence-electron chi connectivity index (χ4n) is 1.65. The van der Waals surface area contributed by atoms with E-state index in [0.29, 0.717) is 18.0 Å². The monoisotopic (exact) mass is 309 g/mol. The number of rotatable bonds is 7. The molecular weight excluding hydrogens is 294 g/mol. The van der Waals surface area contributed by atoms with E-state index in [1.54, 1.807) is 6.92 Å². The highest BCUT2D eigenvalue weighted by molar-refractivity contribution is 7.13. The summed E-state index contributed by atoms with van der Waals surface area (Å²) >= 11 is 1.32. The van der Waals surface area contributed by atoms with Gasteiger partial charge in [0, 0.05) is 11.8 Å². The van der Waals surface area contributed by atoms with Gasteiger partial charge in [0.1, 0.15) is 18.7 Å². The van der Waals surface area contributed by atoms with E-state index in [1.165, 1.54) is 28.7 Å². The summed E-state index contributed by atoms with van der Waals surface area (Å²) in [6, 6.07) is -0.480. The van der Waals surface area contributed by atoms with Gasteiger partial charge >= 0.3 is 5.97 Å². The number of hydrogen-bond donors (Lipinski definition) is 2. The fourth-order valence-corrected chi connectivity index (χ4v) is 2.39. The lowest BCUT2D eigenvalue weighted by Crippen LogP contribution is -2.23. The number of carbonyl (C=O) groups is 2. The number of nitrogens with one attached hydrogen (secondary N) is 1. The predicted octanol–water partition coefficient (Wildman–Crippen LogP) is 1.34. The third-order valence-electron chi connectivity index (χ3n) is 2.82. The molecule has 112 valence electrons. The fraction of sp³-hybridized carbons (Fsp3) is 0.417. The van der Waals surface area contributed by atoms with E-state index in [0.717, 1.165) is 5.69 Å². The van der Waals surface area contributed by atoms with Crippen LogP contribution in [0, 0.1) is 0 Å². The van der Waals surface area contributed by atoms with Crippen LogP contribution in [0.1, 0.15) is 31.5 Å². The molecule has 0 saturated carbocycles. The van der Waals surface area contributed by atoms with Crippen molar-refractivity contribution in [3.63, 3.8) is 0 Å². The van der Waals surface area contributed by atoms with Crippen LogP contribution in [0.25, 0.3) is 0 Å². The highest BCUT2D eigenvalue weighted by Crippen LogP contribution is 2.18. The number of aliphatic carboxylic acids is 1. The van der Waals surface area contributed by atoms with Gasteiger partial charge in [-0.25, -0.2) is 14.6 Å². The van der Waals surface area contributed by atoms with Gasteiger partial charge in [-0.1, -0.05) is 0 Å². The van der Waals surface area contributed by atoms with Gasteiger partial charge in [-0.15, -0.1) is 11.3 Å². The Bertz CT molecular complexity index is 610. The molecule has 0 radical (unpaired) electrons. The maximum absolute atomic E-state index is 12.0. The minimum Gasteiger partial charge on any atom is -0.481 e. The van der Waals surface area contributed by atoms with Gasteiger partial charge in [-0.2, -0.15) is 5.10 Å². The first-order chi connectivity index (χ1) is 10.1. The van der Waals surface area contributed by atoms with Gasteiger partial charge in [0.05, 0.1) is 5.69 Å². The summed E-state index contributed by atoms with van der Waals surface area (Å²) in [5.41, 5.74) is 0.782. The summed E-state index contributed by atoms with van der Waals surface area (Å²) in [7, 11) is 0. The molecule has 8 nitrogen and oxygen atoms in total. The zero-order valence-electron chi connectivity index (χ0n) is 11.4. The van der Waals surface area contributed by atoms with Gasteiger partial charge in [0.2, 0.25) is 0 Å². The summed E-state index contributed by atoms with van der Waals surface area (Å²) in [5, 5.41) is 17.5. The SMILES string of the molecule is CC(C(=O)Nc1nc(CCCC(=O)O)cs1)n1cncn1. The number of carbonyl (C=O) groups excluding carboxylic acids is 1. The van der Waals surface area contributed by atoms with Crippen molar-refractivity contribution in [2.24, 2.45) is 0 Å². The van der Waals surface area contributed by atoms with E-state index < -0.39 is 12.0 Å². The topological polar surface area (TPSA) is 110 Å². The second kappa shape index (κ2) is 6.93. The molecule has 2 aromatic heterocycles. The van der Waals surface area contributed by atoms with E-state index in [4.69, 9.17) is 5.11 Å². The first-order valence-electron chi connectivity index (χ1n) is 6.37. The molecule has 0 bridgehead atoms. The molecule has 0 aliphatic carbocycles. The lowest BCUT2D eigenvalue weighted by Gasteiger charge is -2.09. The number of carboxylic acids is 1. The molecular formula is C12H15N5O3S. The van der Waals surface area contributed by atoms with Crippen LogP contribution in [0.5, 0.6) is 0 Å². The third-order valence-corrected chi connectivity index (χ3v) is 3.62. The van der Waals surface area contributed by atoms with Gasteiger partial charge in [0.15, 0.2) is 5.13 Å². The van der Waals surface area contributed by atoms with Crippen molar-refractivity contribution < 1.29 is 14.7 Å². The Morgan fingerprint density at radius 3 is 3.00 bits per heavy atom. The number of anilines is 1. The van der Waals surface area contributed by atoms with E-state index >= 15 is 0 Å². The maximum atomic E-state index is 12.0. The lowest BCUT2D eigenvalue weighted by atomic mass is 10.2. The van der Waals surface area contributed by atoms with Crippen molar-refractivity contribution >= 4 is 28.3 Å². The highest BCUT2D eigenvalue weighted by atomic mass is 32.1. The number of amides is 1. The normalized spacial score (nSPS) is 12.0. The predicted molar refractivity (Wildman–Crippen MR) is 76.1 cm³/mol. The molecule has 2 aromatic rings. The summed E-state index contributed by atoms with van der Waals surface area (Å²) in [5.74, 6) is -1.05. The molecule has 2 N–H and O–H groups in total. The average molecular weight is 309 g/mol. The number of carboxylic acid groups (broad SMARTS) is 1. The van der Waals surface area contributed by atoms with E-state index in [2.05, 4.69) is 20.4 Å². The van der Waals surface area contributed by atoms with E-state index in [1.807, 2.05) is 5.38 Å². The first-order valence-corrected chi connectivity index (χ1v) is 7.25. The van der Waals surface area contributed by atoms with Crippen LogP contribution in [0.15, 0.2) is 18.0 Å². The molecule has 1 atom stereocenters. The van der Waals surface area contributed by atoms with Crippen molar-refractivity contribution in [3.05, 3.63) is 23.7 Å². The number of thiazole rings is 1. The Kier molecular flexibility index (Phi) is 4.99. The molecule has 1 unspecified atom stereocenters. The standard InChI is InChI=1S/C12H15N5O3S/c1-8(17-7-13-6-14-17)11(20)16-12-15-9(5-21-12)3-2-4-10(18)19/h5-8H,2-4H2,1H3,(H,18,19)(H,15,16,20). The van der Waals surface area contributed by atoms with Crippen molar-refractivity contribution in [1.29, 1.82) is 0 Å². The van der Waals surface area contributed by atoms with Gasteiger partial charge in [-0.05, 0) is 19.8 Å². The lowest BCUT2D eigenvalue weighted by molar-refractivity contribution is -0.137. The van der Waals surface area contributed by atoms with Crippen molar-refractivity contribution in [2.75, 3.05) is 5.32 Å². The molecule has 0 fully saturated rings. The molecule has 0 saturated heterocycles. The van der Waals surface area contributed by atoms with E-state index in [9.17, 15) is 9.59 Å². The number of nitrogens with zero attached hydrogens (tertiary/aromatic N) is 4. The number of aryl methyl sites for hydroxylation is 1. The van der Waals surface area contributed by atoms with Crippen LogP contribution < -0.4 is 5.32 Å². The Hall–Kier alpha value is -2.29. The van der Waals surface area contributed by atoms with Crippen LogP contribution in [0.4, 0.5) is 5.13 Å². The van der Waals surface area contributed by atoms with Crippen molar-refractivity contribution in [1.82, 2.24) is 19.7 Å². The van der Waals surface area contributed by atoms with Gasteiger partial charge < -0.3 is 10.4 Å². The van der Waals surface area contributed by atoms with E-state index in [-0.39, 0.29) is 12.3 Å². The zero-order chi connectivity index (χ0) is 15.2. The minimum absolute atomic E-state index is 0.114. The second-order valence-corrected chi connectivity index (χ2v) is 5.29. The highest BCUT2D eigenvalue weighted by Gasteiger charge is 2.16. The molecule has 2 heterocycles. The smallest absolute Gasteiger partial charge is 0.303 e. The van der Waals surface area contributed by atoms with Crippen LogP contribution >= 0.6 is 11.3 Å². The third kappa shape index (κ3) is 4.35. The second-order valence-electron chi connectivity index (χ2n) is 4.43. The summed E-state index contributed by atoms with van der Waals surface area (Å²) < 4.78 is 1.46. The largest absolute Gasteiger partial charge is 0.481 e. The number of aromatic nitrogens is 4. The van der Waals surface area contributed by atoms with Crippen molar-refractivity contribution in [3.8, 4) is 0 Å². The molecule has 0 aliphatic heterocycles. The number of hydrogen-bond acceptors (Lipinski definition) is 6. The van der Waals surface area contributed by atoms with Crippen LogP contribution in [0.3, 0.4) is 0 Å². The molecule has 2 rings (SSSR count). The summed E-state index contributed by atoms with van der Waals surface area (Å²) in [4.78, 5) is 30.5. The van der Waals surface area contributed by atoms with Gasteiger partial charge in [-0.3, -0.25) is 9.59 Å². The minimum atomic E-state index is -0.819. The molecule has 9 heteroatoms. The molecule has 0 spiro atoms. The maximum Gasteiger partial charge on any atom is 0.303 e. The Morgan fingerprint density at radius 1 is 1.52 bits per heavy atom. The van der Waals surface area contributed by atoms with Crippen LogP contribution in [-0.2, 0) is 16.0 Å². The molecule has 1 amide bonds. The quantitative estimate of drug-likeness (QED) is 0.798. The molecule has 21 heavy (non-hydrogen) atoms. The zero-order valence-corrected chi connectivity index (χ0v) is 12.2. The molecule has 0 aromatic carbocycles. The summed E-state index contributed by atoms with van der Waals surface area (Å²) in [6.07, 6.45) is 4.07. The Balaban J connectivity index is 1.87.